The van der Waals surface area contributed by atoms with Crippen LogP contribution < -0.4 is 0 Å². The van der Waals surface area contributed by atoms with Crippen molar-refractivity contribution in [1.29, 1.82) is 0 Å². The third kappa shape index (κ3) is 0.960. The summed E-state index contributed by atoms with van der Waals surface area (Å²) >= 11 is 0. The maximum atomic E-state index is 10.1. The Morgan fingerprint density at radius 2 is 2.22 bits per heavy atom. The summed E-state index contributed by atoms with van der Waals surface area (Å²) in [7, 11) is 0. The molecule has 0 fully saturated rings. The van der Waals surface area contributed by atoms with Crippen LogP contribution in [0.5, 0.6) is 0 Å². The highest BCUT2D eigenvalue weighted by Gasteiger charge is 1.97. The molecule has 0 spiro atoms. The Morgan fingerprint density at radius 1 is 1.56 bits per heavy atom. The molecule has 0 aliphatic rings. The predicted molar refractivity (Wildman–Crippen MR) is 31.6 cm³/mol. The van der Waals surface area contributed by atoms with Gasteiger partial charge in [0.1, 0.15) is 11.6 Å². The van der Waals surface area contributed by atoms with E-state index < -0.39 is 0 Å². The van der Waals surface area contributed by atoms with Crippen molar-refractivity contribution >= 4 is 6.41 Å². The molecule has 0 unspecified atom stereocenters. The number of aromatic nitrogens is 3. The van der Waals surface area contributed by atoms with Gasteiger partial charge in [0.05, 0.1) is 0 Å². The fourth-order valence-electron chi connectivity index (χ4n) is 0.636. The van der Waals surface area contributed by atoms with Gasteiger partial charge in [-0.3, -0.25) is 4.79 Å². The van der Waals surface area contributed by atoms with Crippen molar-refractivity contribution in [1.82, 2.24) is 14.8 Å². The van der Waals surface area contributed by atoms with E-state index in [1.54, 1.807) is 13.8 Å². The van der Waals surface area contributed by atoms with Gasteiger partial charge in [-0.2, -0.15) is 4.68 Å². The minimum Gasteiger partial charge on any atom is -0.276 e. The zero-order chi connectivity index (χ0) is 6.85. The van der Waals surface area contributed by atoms with E-state index in [0.29, 0.717) is 18.1 Å². The van der Waals surface area contributed by atoms with Crippen LogP contribution in [0, 0.1) is 13.8 Å². The summed E-state index contributed by atoms with van der Waals surface area (Å²) in [5.41, 5.74) is 0. The average molecular weight is 125 g/mol. The van der Waals surface area contributed by atoms with Gasteiger partial charge in [0, 0.05) is 0 Å². The van der Waals surface area contributed by atoms with E-state index in [0.717, 1.165) is 0 Å². The van der Waals surface area contributed by atoms with Gasteiger partial charge in [0.2, 0.25) is 6.41 Å². The minimum absolute atomic E-state index is 0.625. The van der Waals surface area contributed by atoms with E-state index in [-0.39, 0.29) is 0 Å². The molecule has 0 N–H and O–H groups in total. The van der Waals surface area contributed by atoms with Gasteiger partial charge < -0.3 is 0 Å². The topological polar surface area (TPSA) is 47.8 Å². The molecule has 0 aliphatic heterocycles. The van der Waals surface area contributed by atoms with Gasteiger partial charge in [-0.05, 0) is 13.8 Å². The number of hydrogen-bond acceptors (Lipinski definition) is 3. The Hall–Kier alpha value is -1.19. The predicted octanol–water partition coefficient (Wildman–Crippen LogP) is -0.0668. The van der Waals surface area contributed by atoms with Gasteiger partial charge in [-0.25, -0.2) is 4.98 Å². The van der Waals surface area contributed by atoms with Crippen molar-refractivity contribution in [3.05, 3.63) is 11.6 Å². The molecule has 1 heterocycles. The van der Waals surface area contributed by atoms with Gasteiger partial charge in [0.25, 0.3) is 0 Å². The molecule has 4 heteroatoms. The molecule has 4 nitrogen and oxygen atoms in total. The van der Waals surface area contributed by atoms with Crippen molar-refractivity contribution in [2.24, 2.45) is 0 Å². The second kappa shape index (κ2) is 1.97. The standard InChI is InChI=1S/C5H7N3O/c1-4-6-5(2)8(3-9)7-4/h3H,1-2H3. The molecular weight excluding hydrogens is 118 g/mol. The second-order valence-electron chi connectivity index (χ2n) is 1.76. The van der Waals surface area contributed by atoms with Crippen LogP contribution in [-0.4, -0.2) is 21.2 Å². The van der Waals surface area contributed by atoms with E-state index in [1.807, 2.05) is 0 Å². The molecule has 0 atom stereocenters. The highest BCUT2D eigenvalue weighted by atomic mass is 16.1. The summed E-state index contributed by atoms with van der Waals surface area (Å²) < 4.78 is 1.20. The molecular formula is C5H7N3O. The largest absolute Gasteiger partial charge is 0.276 e. The van der Waals surface area contributed by atoms with Crippen LogP contribution in [0.4, 0.5) is 0 Å². The molecule has 0 saturated carbocycles. The fourth-order valence-corrected chi connectivity index (χ4v) is 0.636. The second-order valence-corrected chi connectivity index (χ2v) is 1.76. The Kier molecular flexibility index (Phi) is 1.30. The Bertz CT molecular complexity index is 228. The van der Waals surface area contributed by atoms with Crippen molar-refractivity contribution in [2.45, 2.75) is 13.8 Å². The molecule has 0 radical (unpaired) electrons. The number of hydrogen-bond donors (Lipinski definition) is 0. The monoisotopic (exact) mass is 125 g/mol. The summed E-state index contributed by atoms with van der Waals surface area (Å²) in [6, 6.07) is 0. The summed E-state index contributed by atoms with van der Waals surface area (Å²) in [6.45, 7) is 3.47. The molecule has 9 heavy (non-hydrogen) atoms. The number of carbonyl (C=O) groups is 1. The third-order valence-electron chi connectivity index (χ3n) is 1.01. The fraction of sp³-hybridized carbons (Fsp3) is 0.400. The van der Waals surface area contributed by atoms with Gasteiger partial charge in [0.15, 0.2) is 0 Å². The van der Waals surface area contributed by atoms with Crippen LogP contribution in [0.1, 0.15) is 11.6 Å². The number of aryl methyl sites for hydroxylation is 2. The minimum atomic E-state index is 0.625. The summed E-state index contributed by atoms with van der Waals surface area (Å²) in [6.07, 6.45) is 0.634. The van der Waals surface area contributed by atoms with Crippen molar-refractivity contribution in [3.63, 3.8) is 0 Å². The smallest absolute Gasteiger partial charge is 0.235 e. The lowest BCUT2D eigenvalue weighted by atomic mass is 10.7. The summed E-state index contributed by atoms with van der Waals surface area (Å²) in [4.78, 5) is 14.0. The highest BCUT2D eigenvalue weighted by molar-refractivity contribution is 5.50. The zero-order valence-corrected chi connectivity index (χ0v) is 5.33. The molecule has 1 aromatic heterocycles. The molecule has 1 aromatic rings. The van der Waals surface area contributed by atoms with E-state index in [9.17, 15) is 4.79 Å². The van der Waals surface area contributed by atoms with E-state index in [4.69, 9.17) is 0 Å². The quantitative estimate of drug-likeness (QED) is 0.494. The number of rotatable bonds is 1. The maximum Gasteiger partial charge on any atom is 0.235 e. The normalized spacial score (nSPS) is 9.56. The van der Waals surface area contributed by atoms with Crippen LogP contribution in [0.2, 0.25) is 0 Å². The lowest BCUT2D eigenvalue weighted by molar-refractivity contribution is 0.538. The molecule has 0 bridgehead atoms. The van der Waals surface area contributed by atoms with Crippen LogP contribution in [0.25, 0.3) is 0 Å². The number of nitrogens with zero attached hydrogens (tertiary/aromatic N) is 3. The molecule has 0 aromatic carbocycles. The van der Waals surface area contributed by atoms with Gasteiger partial charge in [-0.15, -0.1) is 5.10 Å². The first kappa shape index (κ1) is 5.94. The Morgan fingerprint density at radius 3 is 2.44 bits per heavy atom. The van der Waals surface area contributed by atoms with Crippen LogP contribution in [-0.2, 0) is 4.79 Å². The van der Waals surface area contributed by atoms with E-state index in [2.05, 4.69) is 10.1 Å². The first-order valence-corrected chi connectivity index (χ1v) is 2.59. The lowest BCUT2D eigenvalue weighted by Gasteiger charge is -1.83. The highest BCUT2D eigenvalue weighted by Crippen LogP contribution is 1.90. The lowest BCUT2D eigenvalue weighted by Crippen LogP contribution is -1.98. The van der Waals surface area contributed by atoms with Gasteiger partial charge >= 0.3 is 0 Å². The Labute approximate surface area is 52.5 Å². The van der Waals surface area contributed by atoms with Crippen molar-refractivity contribution in [3.8, 4) is 0 Å². The molecule has 0 saturated heterocycles. The van der Waals surface area contributed by atoms with Crippen LogP contribution in [0.15, 0.2) is 0 Å². The molecule has 0 amide bonds. The zero-order valence-electron chi connectivity index (χ0n) is 5.33. The van der Waals surface area contributed by atoms with Crippen LogP contribution in [0.3, 0.4) is 0 Å². The third-order valence-corrected chi connectivity index (χ3v) is 1.01. The van der Waals surface area contributed by atoms with E-state index >= 15 is 0 Å². The first-order chi connectivity index (χ1) is 4.24. The van der Waals surface area contributed by atoms with Crippen molar-refractivity contribution < 1.29 is 4.79 Å². The Balaban J connectivity index is 3.15. The van der Waals surface area contributed by atoms with E-state index in [1.165, 1.54) is 4.68 Å². The van der Waals surface area contributed by atoms with Crippen LogP contribution >= 0.6 is 0 Å². The average Bonchev–Trinajstić information content (AvgIpc) is 2.10. The SMILES string of the molecule is Cc1nc(C)n(C=O)n1. The first-order valence-electron chi connectivity index (χ1n) is 2.59. The summed E-state index contributed by atoms with van der Waals surface area (Å²) in [5, 5.41) is 3.77. The van der Waals surface area contributed by atoms with Crippen molar-refractivity contribution in [2.75, 3.05) is 0 Å². The molecule has 1 rings (SSSR count). The summed E-state index contributed by atoms with van der Waals surface area (Å²) in [5.74, 6) is 1.25. The molecule has 48 valence electrons. The maximum absolute atomic E-state index is 10.1. The van der Waals surface area contributed by atoms with Gasteiger partial charge in [-0.1, -0.05) is 0 Å². The number of carbonyl (C=O) groups excluding carboxylic acids is 1. The molecule has 0 aliphatic carbocycles.